The van der Waals surface area contributed by atoms with E-state index in [1.165, 1.54) is 0 Å². The van der Waals surface area contributed by atoms with Gasteiger partial charge < -0.3 is 30.1 Å². The van der Waals surface area contributed by atoms with Crippen LogP contribution in [0.15, 0.2) is 60.7 Å². The highest BCUT2D eigenvalue weighted by Gasteiger charge is 2.35. The summed E-state index contributed by atoms with van der Waals surface area (Å²) in [6, 6.07) is 18.8. The summed E-state index contributed by atoms with van der Waals surface area (Å²) in [6.07, 6.45) is 7.22. The van der Waals surface area contributed by atoms with Crippen molar-refractivity contribution in [2.45, 2.75) is 87.8 Å². The standard InChI is InChI=1S/C41H50N2O6S2/c1-42-40(28-20-29(22-32(46)21-28)41(43-2)17-5-6-18-41)49-33-8-4-7-19-50-51-25-36-34(15-11-26-9-13-31(45)24-35(26)36)38-27(10-14-30(44)23-33)12-16-37(47)39(38)48-3/h9,11-13,15-16,20-22,24,33,40,42-43,45-47H,4-8,10,14,17-19,23,25H2,1-3H3/t33-,40+/m0/s1. The molecule has 0 amide bonds. The molecule has 4 aromatic rings. The van der Waals surface area contributed by atoms with Crippen LogP contribution in [0, 0.1) is 0 Å². The number of ether oxygens (including phenoxy) is 2. The van der Waals surface area contributed by atoms with Crippen LogP contribution in [0.1, 0.15) is 86.3 Å². The van der Waals surface area contributed by atoms with E-state index >= 15 is 0 Å². The Morgan fingerprint density at radius 2 is 1.69 bits per heavy atom. The predicted octanol–water partition coefficient (Wildman–Crippen LogP) is 8.88. The van der Waals surface area contributed by atoms with E-state index in [2.05, 4.69) is 22.8 Å². The molecule has 6 rings (SSSR count). The summed E-state index contributed by atoms with van der Waals surface area (Å²) in [5.74, 6) is 2.56. The molecule has 0 radical (unpaired) electrons. The number of methoxy groups -OCH3 is 1. The monoisotopic (exact) mass is 730 g/mol. The molecule has 0 aromatic heterocycles. The van der Waals surface area contributed by atoms with Gasteiger partial charge in [-0.25, -0.2) is 0 Å². The minimum absolute atomic E-state index is 0.0382. The second kappa shape index (κ2) is 16.9. The van der Waals surface area contributed by atoms with Gasteiger partial charge in [0.1, 0.15) is 23.5 Å². The zero-order valence-corrected chi connectivity index (χ0v) is 31.4. The topological polar surface area (TPSA) is 120 Å². The second-order valence-electron chi connectivity index (χ2n) is 13.8. The minimum atomic E-state index is -0.488. The number of aryl methyl sites for hydroxylation is 1. The number of aromatic hydroxyl groups is 3. The first-order chi connectivity index (χ1) is 24.7. The molecule has 1 heterocycles. The molecule has 0 saturated heterocycles. The Labute approximate surface area is 309 Å². The molecule has 4 aromatic carbocycles. The lowest BCUT2D eigenvalue weighted by Gasteiger charge is -2.31. The fraction of sp³-hybridized carbons (Fsp3) is 0.439. The third kappa shape index (κ3) is 8.47. The van der Waals surface area contributed by atoms with Gasteiger partial charge in [0, 0.05) is 35.4 Å². The summed E-state index contributed by atoms with van der Waals surface area (Å²) in [6.45, 7) is 0. The molecule has 2 atom stereocenters. The average Bonchev–Trinajstić information content (AvgIpc) is 3.62. The maximum Gasteiger partial charge on any atom is 0.168 e. The third-order valence-electron chi connectivity index (χ3n) is 10.6. The van der Waals surface area contributed by atoms with Crippen LogP contribution in [0.2, 0.25) is 0 Å². The number of phenolic OH excluding ortho intramolecular Hbond substituents is 3. The summed E-state index contributed by atoms with van der Waals surface area (Å²) < 4.78 is 12.5. The van der Waals surface area contributed by atoms with Crippen molar-refractivity contribution in [3.05, 3.63) is 82.9 Å². The zero-order valence-electron chi connectivity index (χ0n) is 29.8. The number of carbonyl (C=O) groups is 1. The SMILES string of the molecule is CN[C@H](O[C@H]1CCCCSSCc2c(ccc3ccc(O)cc23)-c2c(ccc(O)c2OC)CCC(=O)C1)c1cc(O)cc(C2(NC)CCCC2)c1. The summed E-state index contributed by atoms with van der Waals surface area (Å²) in [5, 5.41) is 41.0. The summed E-state index contributed by atoms with van der Waals surface area (Å²) >= 11 is 0. The number of carbonyl (C=O) groups excluding carboxylic acids is 1. The van der Waals surface area contributed by atoms with Crippen LogP contribution in [0.25, 0.3) is 21.9 Å². The minimum Gasteiger partial charge on any atom is -0.508 e. The van der Waals surface area contributed by atoms with Gasteiger partial charge in [-0.1, -0.05) is 65.1 Å². The second-order valence-corrected chi connectivity index (χ2v) is 16.3. The molecule has 10 heteroatoms. The number of hydrogen-bond donors (Lipinski definition) is 5. The molecule has 1 aliphatic heterocycles. The molecule has 5 N–H and O–H groups in total. The first-order valence-corrected chi connectivity index (χ1v) is 20.5. The number of ketones is 1. The van der Waals surface area contributed by atoms with E-state index in [4.69, 9.17) is 9.47 Å². The molecular weight excluding hydrogens is 681 g/mol. The molecule has 272 valence electrons. The van der Waals surface area contributed by atoms with Crippen molar-refractivity contribution in [3.8, 4) is 34.1 Å². The fourth-order valence-electron chi connectivity index (χ4n) is 7.85. The van der Waals surface area contributed by atoms with Gasteiger partial charge in [0.25, 0.3) is 0 Å². The summed E-state index contributed by atoms with van der Waals surface area (Å²) in [5.41, 5.74) is 5.41. The van der Waals surface area contributed by atoms with Gasteiger partial charge in [-0.3, -0.25) is 10.1 Å². The Hall–Kier alpha value is -3.41. The number of Topliss-reactive ketones (excluding diaryl/α,β-unsaturated/α-hetero) is 1. The first-order valence-electron chi connectivity index (χ1n) is 18.0. The highest BCUT2D eigenvalue weighted by atomic mass is 33.1. The van der Waals surface area contributed by atoms with Gasteiger partial charge in [-0.2, -0.15) is 0 Å². The Morgan fingerprint density at radius 3 is 2.45 bits per heavy atom. The van der Waals surface area contributed by atoms with Crippen molar-refractivity contribution in [3.63, 3.8) is 0 Å². The Balaban J connectivity index is 1.29. The molecule has 0 unspecified atom stereocenters. The van der Waals surface area contributed by atoms with Gasteiger partial charge in [-0.15, -0.1) is 0 Å². The maximum absolute atomic E-state index is 13.8. The molecule has 8 nitrogen and oxygen atoms in total. The smallest absolute Gasteiger partial charge is 0.168 e. The maximum atomic E-state index is 13.8. The third-order valence-corrected chi connectivity index (χ3v) is 12.9. The van der Waals surface area contributed by atoms with Gasteiger partial charge >= 0.3 is 0 Å². The summed E-state index contributed by atoms with van der Waals surface area (Å²) in [7, 11) is 8.99. The van der Waals surface area contributed by atoms with E-state index in [9.17, 15) is 20.1 Å². The molecular formula is C41H50N2O6S2. The lowest BCUT2D eigenvalue weighted by atomic mass is 9.87. The molecule has 51 heavy (non-hydrogen) atoms. The predicted molar refractivity (Wildman–Crippen MR) is 209 cm³/mol. The largest absolute Gasteiger partial charge is 0.508 e. The first kappa shape index (κ1) is 37.4. The Kier molecular flexibility index (Phi) is 12.4. The quantitative estimate of drug-likeness (QED) is 0.0932. The molecule has 1 saturated carbocycles. The van der Waals surface area contributed by atoms with E-state index in [0.717, 1.165) is 94.9 Å². The highest BCUT2D eigenvalue weighted by Crippen LogP contribution is 2.46. The highest BCUT2D eigenvalue weighted by molar-refractivity contribution is 8.76. The van der Waals surface area contributed by atoms with Gasteiger partial charge in [0.2, 0.25) is 0 Å². The van der Waals surface area contributed by atoms with E-state index in [-0.39, 0.29) is 41.1 Å². The molecule has 1 fully saturated rings. The number of phenols is 3. The van der Waals surface area contributed by atoms with Crippen LogP contribution in [0.3, 0.4) is 0 Å². The van der Waals surface area contributed by atoms with E-state index in [0.29, 0.717) is 24.3 Å². The van der Waals surface area contributed by atoms with Crippen LogP contribution in [-0.2, 0) is 27.2 Å². The van der Waals surface area contributed by atoms with Crippen molar-refractivity contribution in [2.75, 3.05) is 27.0 Å². The van der Waals surface area contributed by atoms with Gasteiger partial charge in [0.15, 0.2) is 11.5 Å². The van der Waals surface area contributed by atoms with Crippen LogP contribution < -0.4 is 15.4 Å². The Morgan fingerprint density at radius 1 is 0.882 bits per heavy atom. The number of hydrogen-bond acceptors (Lipinski definition) is 10. The van der Waals surface area contributed by atoms with E-state index in [1.54, 1.807) is 42.2 Å². The van der Waals surface area contributed by atoms with E-state index < -0.39 is 6.23 Å². The molecule has 1 aliphatic carbocycles. The van der Waals surface area contributed by atoms with E-state index in [1.807, 2.05) is 49.2 Å². The fourth-order valence-corrected chi connectivity index (χ4v) is 10.1. The number of rotatable bonds is 7. The number of benzene rings is 4. The van der Waals surface area contributed by atoms with Gasteiger partial charge in [0.05, 0.1) is 13.2 Å². The van der Waals surface area contributed by atoms with Crippen LogP contribution in [-0.4, -0.2) is 54.2 Å². The van der Waals surface area contributed by atoms with Gasteiger partial charge in [-0.05, 0) is 121 Å². The summed E-state index contributed by atoms with van der Waals surface area (Å²) in [4.78, 5) is 13.8. The normalized spacial score (nSPS) is 19.4. The number of fused-ring (bicyclic) bond motifs is 5. The van der Waals surface area contributed by atoms with Crippen molar-refractivity contribution < 1.29 is 29.6 Å². The molecule has 0 bridgehead atoms. The van der Waals surface area contributed by atoms with Crippen LogP contribution in [0.4, 0.5) is 0 Å². The van der Waals surface area contributed by atoms with Crippen LogP contribution >= 0.6 is 21.6 Å². The number of nitrogens with one attached hydrogen (secondary N) is 2. The molecule has 2 aliphatic rings. The average molecular weight is 731 g/mol. The van der Waals surface area contributed by atoms with Crippen LogP contribution in [0.5, 0.6) is 23.0 Å². The van der Waals surface area contributed by atoms with Crippen molar-refractivity contribution in [2.24, 2.45) is 0 Å². The van der Waals surface area contributed by atoms with Crippen molar-refractivity contribution in [1.29, 1.82) is 0 Å². The molecule has 0 spiro atoms. The Bertz CT molecular complexity index is 1840. The van der Waals surface area contributed by atoms with Crippen molar-refractivity contribution in [1.82, 2.24) is 10.6 Å². The lowest BCUT2D eigenvalue weighted by Crippen LogP contribution is -2.37. The van der Waals surface area contributed by atoms with Crippen molar-refractivity contribution >= 4 is 38.1 Å². The lowest BCUT2D eigenvalue weighted by molar-refractivity contribution is -0.124. The zero-order chi connectivity index (χ0) is 36.0.